The number of rotatable bonds is 6. The first-order valence-electron chi connectivity index (χ1n) is 11.5. The van der Waals surface area contributed by atoms with Crippen LogP contribution in [0.2, 0.25) is 0 Å². The number of carbonyl (C=O) groups is 1. The molecule has 10 heteroatoms. The van der Waals surface area contributed by atoms with E-state index in [0.717, 1.165) is 43.5 Å². The number of anilines is 2. The molecule has 5 rings (SSSR count). The van der Waals surface area contributed by atoms with Crippen molar-refractivity contribution in [2.75, 3.05) is 37.0 Å². The normalized spacial score (nSPS) is 14.8. The lowest BCUT2D eigenvalue weighted by molar-refractivity contribution is 0.102. The van der Waals surface area contributed by atoms with Gasteiger partial charge < -0.3 is 24.7 Å². The van der Waals surface area contributed by atoms with Crippen molar-refractivity contribution >= 4 is 33.8 Å². The molecule has 3 N–H and O–H groups in total. The fraction of sp³-hybridized carbons (Fsp3) is 0.375. The minimum atomic E-state index is -0.628. The third-order valence-electron chi connectivity index (χ3n) is 6.38. The molecule has 1 aromatic carbocycles. The van der Waals surface area contributed by atoms with Crippen LogP contribution in [0.25, 0.3) is 16.6 Å². The van der Waals surface area contributed by atoms with Gasteiger partial charge in [-0.25, -0.2) is 4.98 Å². The number of aryl methyl sites for hydroxylation is 1. The SMILES string of the molecule is CCNC1CCN(c2ccc(C(=O)Nc3cn4cc(C)nc4c(F)c3OC)c3[nH]ncc23)CC1. The number of pyridine rings is 1. The zero-order chi connectivity index (χ0) is 23.8. The van der Waals surface area contributed by atoms with Gasteiger partial charge in [0, 0.05) is 42.6 Å². The number of halogens is 1. The second-order valence-corrected chi connectivity index (χ2v) is 8.57. The fourth-order valence-corrected chi connectivity index (χ4v) is 4.77. The molecule has 0 unspecified atom stereocenters. The molecule has 4 heterocycles. The Kier molecular flexibility index (Phi) is 5.82. The lowest BCUT2D eigenvalue weighted by Crippen LogP contribution is -2.42. The average Bonchev–Trinajstić information content (AvgIpc) is 3.46. The van der Waals surface area contributed by atoms with Crippen molar-refractivity contribution in [2.45, 2.75) is 32.7 Å². The third kappa shape index (κ3) is 3.83. The van der Waals surface area contributed by atoms with E-state index in [1.54, 1.807) is 31.6 Å². The van der Waals surface area contributed by atoms with E-state index in [2.05, 4.69) is 37.6 Å². The molecular formula is C24H28FN7O2. The number of nitrogens with zero attached hydrogens (tertiary/aromatic N) is 4. The van der Waals surface area contributed by atoms with Crippen molar-refractivity contribution in [1.82, 2.24) is 24.9 Å². The van der Waals surface area contributed by atoms with Crippen molar-refractivity contribution in [1.29, 1.82) is 0 Å². The summed E-state index contributed by atoms with van der Waals surface area (Å²) < 4.78 is 21.7. The minimum Gasteiger partial charge on any atom is -0.491 e. The highest BCUT2D eigenvalue weighted by Crippen LogP contribution is 2.33. The highest BCUT2D eigenvalue weighted by Gasteiger charge is 2.24. The van der Waals surface area contributed by atoms with E-state index in [1.165, 1.54) is 11.5 Å². The van der Waals surface area contributed by atoms with E-state index >= 15 is 0 Å². The van der Waals surface area contributed by atoms with Gasteiger partial charge in [-0.05, 0) is 38.4 Å². The zero-order valence-electron chi connectivity index (χ0n) is 19.5. The molecule has 0 atom stereocenters. The van der Waals surface area contributed by atoms with Crippen molar-refractivity contribution in [3.05, 3.63) is 47.8 Å². The van der Waals surface area contributed by atoms with Gasteiger partial charge in [0.25, 0.3) is 5.91 Å². The van der Waals surface area contributed by atoms with Gasteiger partial charge in [0.05, 0.1) is 30.1 Å². The Morgan fingerprint density at radius 2 is 2.09 bits per heavy atom. The Bertz CT molecular complexity index is 1350. The molecule has 34 heavy (non-hydrogen) atoms. The number of hydrogen-bond acceptors (Lipinski definition) is 6. The highest BCUT2D eigenvalue weighted by atomic mass is 19.1. The second kappa shape index (κ2) is 8.94. The number of carbonyl (C=O) groups excluding carboxylic acids is 1. The first-order chi connectivity index (χ1) is 16.5. The molecule has 1 amide bonds. The number of H-pyrrole nitrogens is 1. The molecule has 178 valence electrons. The van der Waals surface area contributed by atoms with E-state index in [0.29, 0.717) is 22.8 Å². The molecule has 0 aliphatic carbocycles. The van der Waals surface area contributed by atoms with Gasteiger partial charge in [-0.2, -0.15) is 9.49 Å². The van der Waals surface area contributed by atoms with Crippen molar-refractivity contribution < 1.29 is 13.9 Å². The Morgan fingerprint density at radius 1 is 1.29 bits per heavy atom. The summed E-state index contributed by atoms with van der Waals surface area (Å²) in [5, 5.41) is 14.4. The van der Waals surface area contributed by atoms with Crippen LogP contribution in [0.1, 0.15) is 35.8 Å². The van der Waals surface area contributed by atoms with E-state index in [4.69, 9.17) is 4.74 Å². The first kappa shape index (κ1) is 22.1. The molecule has 9 nitrogen and oxygen atoms in total. The number of ether oxygens (including phenoxy) is 1. The van der Waals surface area contributed by atoms with Gasteiger partial charge in [-0.3, -0.25) is 9.89 Å². The molecule has 0 spiro atoms. The van der Waals surface area contributed by atoms with Gasteiger partial charge in [-0.1, -0.05) is 6.92 Å². The summed E-state index contributed by atoms with van der Waals surface area (Å²) in [5.74, 6) is -1.08. The molecular weight excluding hydrogens is 437 g/mol. The summed E-state index contributed by atoms with van der Waals surface area (Å²) in [5.41, 5.74) is 3.14. The van der Waals surface area contributed by atoms with Gasteiger partial charge in [0.1, 0.15) is 5.69 Å². The second-order valence-electron chi connectivity index (χ2n) is 8.57. The van der Waals surface area contributed by atoms with Crippen LogP contribution in [0.3, 0.4) is 0 Å². The number of benzene rings is 1. The number of nitrogens with one attached hydrogen (secondary N) is 3. The topological polar surface area (TPSA) is 99.6 Å². The summed E-state index contributed by atoms with van der Waals surface area (Å²) in [6.45, 7) is 6.75. The maximum atomic E-state index is 14.9. The van der Waals surface area contributed by atoms with E-state index in [9.17, 15) is 9.18 Å². The Labute approximate surface area is 196 Å². The quantitative estimate of drug-likeness (QED) is 0.403. The van der Waals surface area contributed by atoms with Crippen LogP contribution in [0.4, 0.5) is 15.8 Å². The Morgan fingerprint density at radius 3 is 2.82 bits per heavy atom. The molecule has 1 aliphatic rings. The Balaban J connectivity index is 1.44. The van der Waals surface area contributed by atoms with Gasteiger partial charge in [0.15, 0.2) is 11.4 Å². The Hall–Kier alpha value is -3.66. The smallest absolute Gasteiger partial charge is 0.258 e. The summed E-state index contributed by atoms with van der Waals surface area (Å²) in [6, 6.07) is 4.28. The average molecular weight is 466 g/mol. The van der Waals surface area contributed by atoms with Crippen LogP contribution in [0.5, 0.6) is 5.75 Å². The molecule has 4 aromatic rings. The molecule has 1 aliphatic heterocycles. The van der Waals surface area contributed by atoms with Gasteiger partial charge in [0.2, 0.25) is 5.82 Å². The number of aromatic nitrogens is 4. The minimum absolute atomic E-state index is 0.0625. The van der Waals surface area contributed by atoms with Crippen molar-refractivity contribution in [3.63, 3.8) is 0 Å². The van der Waals surface area contributed by atoms with Gasteiger partial charge in [-0.15, -0.1) is 0 Å². The molecule has 0 saturated carbocycles. The van der Waals surface area contributed by atoms with Crippen LogP contribution in [-0.4, -0.2) is 58.3 Å². The summed E-state index contributed by atoms with van der Waals surface area (Å²) in [7, 11) is 1.36. The fourth-order valence-electron chi connectivity index (χ4n) is 4.77. The number of imidazole rings is 1. The summed E-state index contributed by atoms with van der Waals surface area (Å²) in [6.07, 6.45) is 7.17. The van der Waals surface area contributed by atoms with Crippen LogP contribution >= 0.6 is 0 Å². The lowest BCUT2D eigenvalue weighted by atomic mass is 10.0. The van der Waals surface area contributed by atoms with Crippen LogP contribution in [0, 0.1) is 12.7 Å². The predicted molar refractivity (Wildman–Crippen MR) is 129 cm³/mol. The maximum Gasteiger partial charge on any atom is 0.258 e. The highest BCUT2D eigenvalue weighted by molar-refractivity contribution is 6.14. The number of fused-ring (bicyclic) bond motifs is 2. The number of aromatic amines is 1. The summed E-state index contributed by atoms with van der Waals surface area (Å²) in [4.78, 5) is 19.8. The summed E-state index contributed by atoms with van der Waals surface area (Å²) >= 11 is 0. The van der Waals surface area contributed by atoms with Crippen LogP contribution in [-0.2, 0) is 0 Å². The standard InChI is InChI=1S/C24H28FN7O2/c1-4-26-15-7-9-31(10-8-15)19-6-5-16(21-17(19)11-27-30-21)24(33)29-18-13-32-12-14(2)28-23(32)20(25)22(18)34-3/h5-6,11-13,15,26H,4,7-10H2,1-3H3,(H,27,30)(H,29,33). The monoisotopic (exact) mass is 465 g/mol. The molecule has 0 radical (unpaired) electrons. The molecule has 1 fully saturated rings. The number of methoxy groups -OCH3 is 1. The van der Waals surface area contributed by atoms with Crippen molar-refractivity contribution in [3.8, 4) is 5.75 Å². The number of hydrogen-bond donors (Lipinski definition) is 3. The van der Waals surface area contributed by atoms with Crippen LogP contribution < -0.4 is 20.3 Å². The van der Waals surface area contributed by atoms with Gasteiger partial charge >= 0.3 is 0 Å². The lowest BCUT2D eigenvalue weighted by Gasteiger charge is -2.34. The van der Waals surface area contributed by atoms with E-state index < -0.39 is 5.82 Å². The zero-order valence-corrected chi connectivity index (χ0v) is 19.5. The number of amides is 1. The predicted octanol–water partition coefficient (Wildman–Crippen LogP) is 3.50. The van der Waals surface area contributed by atoms with E-state index in [1.807, 2.05) is 6.07 Å². The maximum absolute atomic E-state index is 14.9. The number of piperidine rings is 1. The van der Waals surface area contributed by atoms with E-state index in [-0.39, 0.29) is 23.0 Å². The largest absolute Gasteiger partial charge is 0.491 e. The van der Waals surface area contributed by atoms with Crippen molar-refractivity contribution in [2.24, 2.45) is 0 Å². The van der Waals surface area contributed by atoms with Crippen LogP contribution in [0.15, 0.2) is 30.7 Å². The first-order valence-corrected chi connectivity index (χ1v) is 11.5. The third-order valence-corrected chi connectivity index (χ3v) is 6.38. The molecule has 1 saturated heterocycles. The molecule has 3 aromatic heterocycles. The molecule has 0 bridgehead atoms.